The lowest BCUT2D eigenvalue weighted by Crippen LogP contribution is -2.04. The van der Waals surface area contributed by atoms with Gasteiger partial charge in [0.2, 0.25) is 0 Å². The van der Waals surface area contributed by atoms with Gasteiger partial charge in [-0.3, -0.25) is 0 Å². The number of ether oxygens (including phenoxy) is 1. The number of aryl methyl sites for hydroxylation is 2. The van der Waals surface area contributed by atoms with Crippen molar-refractivity contribution in [2.45, 2.75) is 33.7 Å². The Balaban J connectivity index is 2.35. The second-order valence-electron chi connectivity index (χ2n) is 5.29. The Labute approximate surface area is 125 Å². The molecular formula is C17H20ClNO. The number of hydrogen-bond acceptors (Lipinski definition) is 2. The van der Waals surface area contributed by atoms with Crippen LogP contribution >= 0.6 is 11.6 Å². The van der Waals surface area contributed by atoms with Crippen LogP contribution < -0.4 is 10.5 Å². The average molecular weight is 290 g/mol. The maximum Gasteiger partial charge on any atom is 0.146 e. The van der Waals surface area contributed by atoms with Gasteiger partial charge in [-0.2, -0.15) is 0 Å². The van der Waals surface area contributed by atoms with E-state index in [9.17, 15) is 0 Å². The molecule has 20 heavy (non-hydrogen) atoms. The highest BCUT2D eigenvalue weighted by Gasteiger charge is 2.10. The standard InChI is InChI=1S/C17H20ClNO/c1-10-7-11(2)12(3)17(8-10)20-16-6-5-14(13(4)19)9-15(16)18/h5-9,13H,19H2,1-4H3/t13-/m1/s1. The smallest absolute Gasteiger partial charge is 0.146 e. The molecule has 0 spiro atoms. The van der Waals surface area contributed by atoms with E-state index < -0.39 is 0 Å². The van der Waals surface area contributed by atoms with Crippen molar-refractivity contribution in [2.75, 3.05) is 0 Å². The topological polar surface area (TPSA) is 35.2 Å². The molecule has 1 atom stereocenters. The minimum Gasteiger partial charge on any atom is -0.456 e. The highest BCUT2D eigenvalue weighted by atomic mass is 35.5. The summed E-state index contributed by atoms with van der Waals surface area (Å²) in [4.78, 5) is 0. The first-order valence-electron chi connectivity index (χ1n) is 6.69. The molecule has 0 fully saturated rings. The number of halogens is 1. The Bertz CT molecular complexity index is 635. The van der Waals surface area contributed by atoms with E-state index >= 15 is 0 Å². The lowest BCUT2D eigenvalue weighted by Gasteiger charge is -2.14. The van der Waals surface area contributed by atoms with Crippen molar-refractivity contribution >= 4 is 11.6 Å². The summed E-state index contributed by atoms with van der Waals surface area (Å²) in [7, 11) is 0. The fourth-order valence-corrected chi connectivity index (χ4v) is 2.34. The SMILES string of the molecule is Cc1cc(C)c(C)c(Oc2ccc([C@@H](C)N)cc2Cl)c1. The highest BCUT2D eigenvalue weighted by Crippen LogP contribution is 2.34. The molecule has 0 aliphatic carbocycles. The summed E-state index contributed by atoms with van der Waals surface area (Å²) in [6.45, 7) is 8.12. The summed E-state index contributed by atoms with van der Waals surface area (Å²) in [5.41, 5.74) is 10.4. The molecule has 0 aliphatic rings. The number of benzene rings is 2. The monoisotopic (exact) mass is 289 g/mol. The largest absolute Gasteiger partial charge is 0.456 e. The second kappa shape index (κ2) is 5.86. The molecule has 0 heterocycles. The fourth-order valence-electron chi connectivity index (χ4n) is 2.11. The third kappa shape index (κ3) is 3.14. The lowest BCUT2D eigenvalue weighted by atomic mass is 10.1. The van der Waals surface area contributed by atoms with Gasteiger partial charge < -0.3 is 10.5 Å². The maximum atomic E-state index is 6.27. The van der Waals surface area contributed by atoms with Gasteiger partial charge in [-0.15, -0.1) is 0 Å². The quantitative estimate of drug-likeness (QED) is 0.855. The molecule has 106 valence electrons. The first kappa shape index (κ1) is 14.9. The van der Waals surface area contributed by atoms with Crippen LogP contribution in [0.15, 0.2) is 30.3 Å². The first-order chi connectivity index (χ1) is 9.38. The minimum atomic E-state index is -0.0375. The zero-order valence-corrected chi connectivity index (χ0v) is 13.1. The van der Waals surface area contributed by atoms with E-state index in [0.29, 0.717) is 10.8 Å². The molecule has 2 nitrogen and oxygen atoms in total. The molecule has 2 rings (SSSR count). The van der Waals surface area contributed by atoms with Gasteiger partial charge in [-0.1, -0.05) is 23.7 Å². The van der Waals surface area contributed by atoms with E-state index in [-0.39, 0.29) is 6.04 Å². The molecule has 2 aromatic carbocycles. The van der Waals surface area contributed by atoms with Crippen LogP contribution in [0, 0.1) is 20.8 Å². The van der Waals surface area contributed by atoms with Crippen LogP contribution in [0.1, 0.15) is 35.2 Å². The third-order valence-electron chi connectivity index (χ3n) is 3.47. The van der Waals surface area contributed by atoms with Crippen molar-refractivity contribution in [3.8, 4) is 11.5 Å². The Hall–Kier alpha value is -1.51. The summed E-state index contributed by atoms with van der Waals surface area (Å²) < 4.78 is 5.96. The van der Waals surface area contributed by atoms with E-state index in [1.54, 1.807) is 0 Å². The van der Waals surface area contributed by atoms with E-state index in [1.165, 1.54) is 11.1 Å². The van der Waals surface area contributed by atoms with E-state index in [0.717, 1.165) is 16.9 Å². The molecule has 0 bridgehead atoms. The van der Waals surface area contributed by atoms with Crippen molar-refractivity contribution in [1.82, 2.24) is 0 Å². The molecule has 0 aliphatic heterocycles. The van der Waals surface area contributed by atoms with Crippen molar-refractivity contribution in [3.05, 3.63) is 57.6 Å². The molecule has 2 N–H and O–H groups in total. The Morgan fingerprint density at radius 1 is 1.05 bits per heavy atom. The van der Waals surface area contributed by atoms with Gasteiger partial charge in [0.1, 0.15) is 11.5 Å². The predicted octanol–water partition coefficient (Wildman–Crippen LogP) is 5.08. The van der Waals surface area contributed by atoms with Crippen molar-refractivity contribution in [1.29, 1.82) is 0 Å². The molecule has 0 saturated carbocycles. The van der Waals surface area contributed by atoms with Crippen molar-refractivity contribution in [3.63, 3.8) is 0 Å². The van der Waals surface area contributed by atoms with Crippen molar-refractivity contribution in [2.24, 2.45) is 5.73 Å². The highest BCUT2D eigenvalue weighted by molar-refractivity contribution is 6.32. The van der Waals surface area contributed by atoms with Crippen LogP contribution in [0.25, 0.3) is 0 Å². The van der Waals surface area contributed by atoms with Crippen molar-refractivity contribution < 1.29 is 4.74 Å². The van der Waals surface area contributed by atoms with Gasteiger partial charge in [0, 0.05) is 6.04 Å². The van der Waals surface area contributed by atoms with Crippen LogP contribution in [0.4, 0.5) is 0 Å². The van der Waals surface area contributed by atoms with Crippen LogP contribution in [0.2, 0.25) is 5.02 Å². The van der Waals surface area contributed by atoms with Gasteiger partial charge in [-0.05, 0) is 68.1 Å². The Kier molecular flexibility index (Phi) is 4.36. The van der Waals surface area contributed by atoms with Crippen LogP contribution in [0.3, 0.4) is 0 Å². The summed E-state index contributed by atoms with van der Waals surface area (Å²) in [5.74, 6) is 1.50. The first-order valence-corrected chi connectivity index (χ1v) is 7.07. The summed E-state index contributed by atoms with van der Waals surface area (Å²) in [6.07, 6.45) is 0. The van der Waals surface area contributed by atoms with E-state index in [2.05, 4.69) is 19.9 Å². The Morgan fingerprint density at radius 3 is 2.35 bits per heavy atom. The Morgan fingerprint density at radius 2 is 1.75 bits per heavy atom. The zero-order chi connectivity index (χ0) is 14.9. The molecule has 0 unspecified atom stereocenters. The zero-order valence-electron chi connectivity index (χ0n) is 12.3. The molecule has 0 saturated heterocycles. The van der Waals surface area contributed by atoms with Gasteiger partial charge >= 0.3 is 0 Å². The van der Waals surface area contributed by atoms with Crippen LogP contribution in [-0.2, 0) is 0 Å². The predicted molar refractivity (Wildman–Crippen MR) is 84.8 cm³/mol. The summed E-state index contributed by atoms with van der Waals surface area (Å²) in [6, 6.07) is 9.81. The van der Waals surface area contributed by atoms with E-state index in [1.807, 2.05) is 38.1 Å². The van der Waals surface area contributed by atoms with E-state index in [4.69, 9.17) is 22.1 Å². The summed E-state index contributed by atoms with van der Waals surface area (Å²) in [5, 5.41) is 0.582. The molecular weight excluding hydrogens is 270 g/mol. The van der Waals surface area contributed by atoms with Gasteiger partial charge in [0.05, 0.1) is 5.02 Å². The van der Waals surface area contributed by atoms with Crippen LogP contribution in [-0.4, -0.2) is 0 Å². The average Bonchev–Trinajstić information content (AvgIpc) is 2.37. The molecule has 0 amide bonds. The van der Waals surface area contributed by atoms with Gasteiger partial charge in [-0.25, -0.2) is 0 Å². The van der Waals surface area contributed by atoms with Crippen LogP contribution in [0.5, 0.6) is 11.5 Å². The number of nitrogens with two attached hydrogens (primary N) is 1. The van der Waals surface area contributed by atoms with Gasteiger partial charge in [0.15, 0.2) is 0 Å². The van der Waals surface area contributed by atoms with Gasteiger partial charge in [0.25, 0.3) is 0 Å². The maximum absolute atomic E-state index is 6.27. The fraction of sp³-hybridized carbons (Fsp3) is 0.294. The third-order valence-corrected chi connectivity index (χ3v) is 3.76. The normalized spacial score (nSPS) is 12.3. The second-order valence-corrected chi connectivity index (χ2v) is 5.69. The molecule has 0 aromatic heterocycles. The molecule has 3 heteroatoms. The minimum absolute atomic E-state index is 0.0375. The lowest BCUT2D eigenvalue weighted by molar-refractivity contribution is 0.478. The molecule has 2 aromatic rings. The molecule has 0 radical (unpaired) electrons. The number of rotatable bonds is 3. The summed E-state index contributed by atoms with van der Waals surface area (Å²) >= 11 is 6.27. The number of hydrogen-bond donors (Lipinski definition) is 1.